The van der Waals surface area contributed by atoms with Gasteiger partial charge in [0.05, 0.1) is 16.6 Å². The van der Waals surface area contributed by atoms with Crippen molar-refractivity contribution < 1.29 is 37.9 Å². The number of nitrogens with zero attached hydrogens (tertiary/aromatic N) is 4. The lowest BCUT2D eigenvalue weighted by molar-refractivity contribution is -0.142. The number of ether oxygens (including phenoxy) is 2. The Morgan fingerprint density at radius 2 is 1.57 bits per heavy atom. The summed E-state index contributed by atoms with van der Waals surface area (Å²) in [5, 5.41) is 11.5. The van der Waals surface area contributed by atoms with Crippen LogP contribution < -0.4 is 16.0 Å². The molecule has 0 aliphatic carbocycles. The smallest absolute Gasteiger partial charge is 0.419 e. The molecule has 0 radical (unpaired) electrons. The van der Waals surface area contributed by atoms with Crippen LogP contribution in [0.5, 0.6) is 0 Å². The van der Waals surface area contributed by atoms with Gasteiger partial charge in [-0.1, -0.05) is 84.3 Å². The minimum absolute atomic E-state index is 0.000209. The third-order valence-corrected chi connectivity index (χ3v) is 19.8. The summed E-state index contributed by atoms with van der Waals surface area (Å²) in [5.74, 6) is -1.35. The van der Waals surface area contributed by atoms with E-state index in [1.54, 1.807) is 80.2 Å². The zero-order valence-corrected chi connectivity index (χ0v) is 48.5. The number of carbonyl (C=O) groups excluding carboxylic acids is 5. The second-order valence-corrected chi connectivity index (χ2v) is 29.0. The number of unbranched alkanes of at least 4 members (excludes halogenated alkanes) is 1. The number of hydrogen-bond acceptors (Lipinski definition) is 11. The average molecular weight is 1110 g/mol. The number of rotatable bonds is 12. The van der Waals surface area contributed by atoms with Crippen LogP contribution in [0, 0.1) is 0 Å². The molecule has 1 aliphatic rings. The summed E-state index contributed by atoms with van der Waals surface area (Å²) in [4.78, 5) is 79.8. The number of para-hydroxylation sites is 1. The van der Waals surface area contributed by atoms with Crippen molar-refractivity contribution in [1.29, 1.82) is 0 Å². The molecule has 2 aromatic heterocycles. The number of amides is 4. The van der Waals surface area contributed by atoms with Gasteiger partial charge in [-0.25, -0.2) is 14.6 Å². The zero-order valence-electron chi connectivity index (χ0n) is 44.3. The Bertz CT molecular complexity index is 2580. The number of carbonyl (C=O) groups is 5. The van der Waals surface area contributed by atoms with Gasteiger partial charge in [0.2, 0.25) is 17.7 Å². The predicted molar refractivity (Wildman–Crippen MR) is 291 cm³/mol. The molecule has 394 valence electrons. The Morgan fingerprint density at radius 3 is 2.25 bits per heavy atom. The molecule has 0 saturated heterocycles. The maximum absolute atomic E-state index is 15.2. The van der Waals surface area contributed by atoms with Gasteiger partial charge in [0.1, 0.15) is 28.3 Å². The lowest BCUT2D eigenvalue weighted by Gasteiger charge is -2.36. The van der Waals surface area contributed by atoms with E-state index >= 15 is 4.79 Å². The SMILES string of the molecule is CN(CCCC[C@@H]1NC(=O)[C@H](CCCO[Si](C)(C)C(C)(C)C)NCc2cccnc2Sc2c(Cl)ccc(Br)c2CNC(=O)[C@H](Cc2cn(C(=O)OC(C)(C)C)c3ccccc23)N(C)C1=O)C(=O)OC(C)(C)C. The third kappa shape index (κ3) is 16.0. The highest BCUT2D eigenvalue weighted by molar-refractivity contribution is 9.10. The highest BCUT2D eigenvalue weighted by Crippen LogP contribution is 2.40. The van der Waals surface area contributed by atoms with Crippen molar-refractivity contribution in [1.82, 2.24) is 35.3 Å². The Kier molecular flexibility index (Phi) is 20.1. The highest BCUT2D eigenvalue weighted by atomic mass is 79.9. The number of nitrogens with one attached hydrogen (secondary N) is 3. The first-order valence-corrected chi connectivity index (χ1v) is 29.5. The summed E-state index contributed by atoms with van der Waals surface area (Å²) < 4.78 is 20.0. The number of benzene rings is 2. The fourth-order valence-electron chi connectivity index (χ4n) is 7.83. The van der Waals surface area contributed by atoms with Crippen LogP contribution in [0.4, 0.5) is 9.59 Å². The summed E-state index contributed by atoms with van der Waals surface area (Å²) in [6, 6.07) is 11.7. The van der Waals surface area contributed by atoms with E-state index in [4.69, 9.17) is 30.5 Å². The molecule has 0 spiro atoms. The van der Waals surface area contributed by atoms with Crippen LogP contribution in [-0.4, -0.2) is 114 Å². The second kappa shape index (κ2) is 24.7. The van der Waals surface area contributed by atoms with E-state index in [0.717, 1.165) is 5.56 Å². The van der Waals surface area contributed by atoms with E-state index < -0.39 is 61.6 Å². The molecule has 72 heavy (non-hydrogen) atoms. The predicted octanol–water partition coefficient (Wildman–Crippen LogP) is 10.9. The van der Waals surface area contributed by atoms with E-state index in [1.807, 2.05) is 36.4 Å². The fraction of sp³-hybridized carbons (Fsp3) is 0.547. The Balaban J connectivity index is 1.59. The van der Waals surface area contributed by atoms with Crippen molar-refractivity contribution in [3.63, 3.8) is 0 Å². The molecule has 0 unspecified atom stereocenters. The molecule has 4 amide bonds. The Morgan fingerprint density at radius 1 is 0.889 bits per heavy atom. The number of hydrogen-bond donors (Lipinski definition) is 3. The van der Waals surface area contributed by atoms with Gasteiger partial charge in [-0.05, 0) is 127 Å². The first kappa shape index (κ1) is 58.4. The average Bonchev–Trinajstić information content (AvgIpc) is 3.66. The van der Waals surface area contributed by atoms with Crippen LogP contribution in [0.25, 0.3) is 10.9 Å². The van der Waals surface area contributed by atoms with Crippen molar-refractivity contribution in [2.75, 3.05) is 27.2 Å². The van der Waals surface area contributed by atoms with E-state index in [2.05, 4.69) is 65.7 Å². The van der Waals surface area contributed by atoms with Gasteiger partial charge in [0, 0.05) is 79.5 Å². The maximum Gasteiger partial charge on any atom is 0.419 e. The van der Waals surface area contributed by atoms with Crippen LogP contribution >= 0.6 is 39.3 Å². The highest BCUT2D eigenvalue weighted by Gasteiger charge is 2.38. The van der Waals surface area contributed by atoms with Crippen LogP contribution in [0.1, 0.15) is 111 Å². The van der Waals surface area contributed by atoms with Crippen molar-refractivity contribution >= 4 is 88.4 Å². The Hall–Kier alpha value is -4.46. The number of fused-ring (bicyclic) bond motifs is 3. The van der Waals surface area contributed by atoms with Crippen molar-refractivity contribution in [3.05, 3.63) is 87.1 Å². The summed E-state index contributed by atoms with van der Waals surface area (Å²) in [7, 11) is 1.14. The molecule has 5 rings (SSSR count). The molecule has 19 heteroatoms. The minimum atomic E-state index is -2.09. The number of halogens is 2. The molecule has 2 aromatic carbocycles. The van der Waals surface area contributed by atoms with Crippen molar-refractivity contribution in [2.24, 2.45) is 0 Å². The number of pyridine rings is 1. The standard InChI is InChI=1S/C53H75BrClN7O8SSi/c1-51(2,3)69-49(66)60(10)28-17-16-22-41-48(65)61(11)43(30-35-33-62(50(67)70-52(4,5)6)42-24-15-14-21-36(35)42)46(64)58-32-37-38(54)25-26-39(55)44(37)71-47-34(20-18-27-56-47)31-57-40(45(63)59-41)23-19-29-68-72(12,13)53(7,8)9/h14-15,18,20-21,24-27,33,40-41,43,57H,16-17,19,22-23,28-32H2,1-13H3,(H,58,64)(H,59,63)/t40-,41-,43-/m0/s1. The molecular formula is C53H75BrClN7O8SSi. The van der Waals surface area contributed by atoms with Gasteiger partial charge in [-0.15, -0.1) is 0 Å². The maximum atomic E-state index is 15.2. The van der Waals surface area contributed by atoms with Gasteiger partial charge in [-0.3, -0.25) is 19.0 Å². The molecular weight excluding hydrogens is 1040 g/mol. The quantitative estimate of drug-likeness (QED) is 0.0910. The first-order valence-electron chi connectivity index (χ1n) is 24.6. The van der Waals surface area contributed by atoms with Crippen molar-refractivity contribution in [2.45, 2.75) is 171 Å². The van der Waals surface area contributed by atoms with Gasteiger partial charge in [0.25, 0.3) is 0 Å². The van der Waals surface area contributed by atoms with E-state index in [0.29, 0.717) is 80.3 Å². The van der Waals surface area contributed by atoms with E-state index in [-0.39, 0.29) is 36.9 Å². The monoisotopic (exact) mass is 1110 g/mol. The summed E-state index contributed by atoms with van der Waals surface area (Å²) in [5.41, 5.74) is 1.27. The van der Waals surface area contributed by atoms with Gasteiger partial charge in [0.15, 0.2) is 8.32 Å². The van der Waals surface area contributed by atoms with Gasteiger partial charge in [-0.2, -0.15) is 0 Å². The summed E-state index contributed by atoms with van der Waals surface area (Å²) in [6.07, 6.45) is 4.41. The lowest BCUT2D eigenvalue weighted by atomic mass is 10.0. The molecule has 1 aliphatic heterocycles. The molecule has 0 fully saturated rings. The third-order valence-electron chi connectivity index (χ3n) is 12.9. The Labute approximate surface area is 444 Å². The zero-order chi connectivity index (χ0) is 53.3. The first-order chi connectivity index (χ1) is 33.6. The van der Waals surface area contributed by atoms with Crippen LogP contribution in [0.2, 0.25) is 23.2 Å². The largest absolute Gasteiger partial charge is 0.444 e. The fourth-order valence-corrected chi connectivity index (χ4v) is 10.9. The molecule has 3 heterocycles. The van der Waals surface area contributed by atoms with Crippen LogP contribution in [0.3, 0.4) is 0 Å². The second-order valence-electron chi connectivity index (χ2n) is 22.0. The number of aromatic nitrogens is 2. The summed E-state index contributed by atoms with van der Waals surface area (Å²) >= 11 is 12.0. The normalized spacial score (nSPS) is 17.9. The molecule has 0 saturated carbocycles. The topological polar surface area (TPSA) is 173 Å². The van der Waals surface area contributed by atoms with Crippen molar-refractivity contribution in [3.8, 4) is 0 Å². The van der Waals surface area contributed by atoms with Crippen LogP contribution in [-0.2, 0) is 47.8 Å². The van der Waals surface area contributed by atoms with E-state index in [1.165, 1.54) is 26.1 Å². The molecule has 3 atom stereocenters. The van der Waals surface area contributed by atoms with Gasteiger partial charge >= 0.3 is 12.2 Å². The molecule has 0 bridgehead atoms. The summed E-state index contributed by atoms with van der Waals surface area (Å²) in [6.45, 7) is 22.8. The van der Waals surface area contributed by atoms with Gasteiger partial charge < -0.3 is 39.6 Å². The molecule has 4 aromatic rings. The molecule has 3 N–H and O–H groups in total. The lowest BCUT2D eigenvalue weighted by Crippen LogP contribution is -2.57. The minimum Gasteiger partial charge on any atom is -0.444 e. The number of likely N-dealkylation sites (N-methyl/N-ethyl adjacent to an activating group) is 1. The van der Waals surface area contributed by atoms with Crippen LogP contribution in [0.15, 0.2) is 75.3 Å². The van der Waals surface area contributed by atoms with E-state index in [9.17, 15) is 19.2 Å². The molecule has 15 nitrogen and oxygen atoms in total.